The second-order valence-corrected chi connectivity index (χ2v) is 11.5. The highest BCUT2D eigenvalue weighted by Crippen LogP contribution is 2.60. The number of benzene rings is 1. The van der Waals surface area contributed by atoms with Gasteiger partial charge in [-0.2, -0.15) is 0 Å². The molecule has 2 atom stereocenters. The predicted octanol–water partition coefficient (Wildman–Crippen LogP) is 5.53. The molecule has 2 N–H and O–H groups in total. The molecular weight excluding hydrogens is 421 g/mol. The highest BCUT2D eigenvalue weighted by molar-refractivity contribution is 5.97. The number of aliphatic carboxylic acids is 1. The molecule has 4 bridgehead atoms. The number of carboxylic acid groups (broad SMARTS) is 1. The predicted molar refractivity (Wildman–Crippen MR) is 123 cm³/mol. The molecule has 0 spiro atoms. The summed E-state index contributed by atoms with van der Waals surface area (Å²) in [6.45, 7) is 4.28. The van der Waals surface area contributed by atoms with Gasteiger partial charge in [0.2, 0.25) is 0 Å². The number of ether oxygens (including phenoxy) is 1. The standard InChI is InChI=1S/C27H36FNO4/c1-3-15(2)24(26(31)32)29-25(30)21-9-20(19-4-5-19)23(10-22(21)28)33-14-27-11-16-6-17(12-27)8-18(7-16)13-27/h9-10,15-19,24H,3-8,11-14H2,1-2H3,(H,29,30)(H,31,32). The van der Waals surface area contributed by atoms with Gasteiger partial charge in [-0.1, -0.05) is 20.3 Å². The minimum Gasteiger partial charge on any atom is -0.493 e. The summed E-state index contributed by atoms with van der Waals surface area (Å²) in [5.74, 6) is 0.680. The van der Waals surface area contributed by atoms with Crippen molar-refractivity contribution in [2.45, 2.75) is 83.6 Å². The van der Waals surface area contributed by atoms with Crippen LogP contribution in [0.5, 0.6) is 5.75 Å². The Morgan fingerprint density at radius 3 is 2.27 bits per heavy atom. The number of rotatable bonds is 9. The molecule has 1 aromatic carbocycles. The molecule has 0 aliphatic heterocycles. The van der Waals surface area contributed by atoms with Crippen LogP contribution in [0.25, 0.3) is 0 Å². The summed E-state index contributed by atoms with van der Waals surface area (Å²) >= 11 is 0. The molecule has 0 aromatic heterocycles. The third-order valence-corrected chi connectivity index (χ3v) is 8.83. The Kier molecular flexibility index (Phi) is 5.90. The van der Waals surface area contributed by atoms with E-state index in [1.807, 2.05) is 6.92 Å². The van der Waals surface area contributed by atoms with Crippen LogP contribution in [0.3, 0.4) is 0 Å². The van der Waals surface area contributed by atoms with Crippen LogP contribution < -0.4 is 10.1 Å². The van der Waals surface area contributed by atoms with Crippen LogP contribution in [0.4, 0.5) is 4.39 Å². The van der Waals surface area contributed by atoms with Crippen LogP contribution >= 0.6 is 0 Å². The summed E-state index contributed by atoms with van der Waals surface area (Å²) < 4.78 is 21.4. The van der Waals surface area contributed by atoms with Gasteiger partial charge in [-0.3, -0.25) is 4.79 Å². The van der Waals surface area contributed by atoms with Crippen molar-refractivity contribution < 1.29 is 23.8 Å². The van der Waals surface area contributed by atoms with Crippen molar-refractivity contribution in [3.63, 3.8) is 0 Å². The average molecular weight is 458 g/mol. The fraction of sp³-hybridized carbons (Fsp3) is 0.704. The highest BCUT2D eigenvalue weighted by Gasteiger charge is 2.51. The monoisotopic (exact) mass is 457 g/mol. The van der Waals surface area contributed by atoms with Crippen molar-refractivity contribution in [2.24, 2.45) is 29.1 Å². The fourth-order valence-corrected chi connectivity index (χ4v) is 7.18. The first-order valence-electron chi connectivity index (χ1n) is 12.8. The summed E-state index contributed by atoms with van der Waals surface area (Å²) in [5.41, 5.74) is 1.03. The van der Waals surface area contributed by atoms with Crippen LogP contribution in [-0.2, 0) is 4.79 Å². The zero-order valence-electron chi connectivity index (χ0n) is 19.7. The van der Waals surface area contributed by atoms with Crippen molar-refractivity contribution in [1.29, 1.82) is 0 Å². The van der Waals surface area contributed by atoms with E-state index in [0.29, 0.717) is 18.8 Å². The van der Waals surface area contributed by atoms with Gasteiger partial charge >= 0.3 is 5.97 Å². The van der Waals surface area contributed by atoms with Gasteiger partial charge < -0.3 is 15.2 Å². The molecule has 5 aliphatic rings. The van der Waals surface area contributed by atoms with Crippen molar-refractivity contribution in [2.75, 3.05) is 6.61 Å². The Bertz CT molecular complexity index is 905. The van der Waals surface area contributed by atoms with E-state index in [1.54, 1.807) is 13.0 Å². The maximum absolute atomic E-state index is 15.1. The van der Waals surface area contributed by atoms with E-state index in [4.69, 9.17) is 4.74 Å². The molecule has 6 heteroatoms. The molecule has 1 aromatic rings. The van der Waals surface area contributed by atoms with Gasteiger partial charge in [-0.25, -0.2) is 9.18 Å². The van der Waals surface area contributed by atoms with Crippen LogP contribution in [0.1, 0.15) is 93.5 Å². The van der Waals surface area contributed by atoms with E-state index in [1.165, 1.54) is 44.6 Å². The first-order chi connectivity index (χ1) is 15.8. The van der Waals surface area contributed by atoms with E-state index in [-0.39, 0.29) is 22.8 Å². The van der Waals surface area contributed by atoms with E-state index in [9.17, 15) is 14.7 Å². The second-order valence-electron chi connectivity index (χ2n) is 11.5. The lowest BCUT2D eigenvalue weighted by Gasteiger charge is -2.56. The van der Waals surface area contributed by atoms with Crippen molar-refractivity contribution >= 4 is 11.9 Å². The van der Waals surface area contributed by atoms with E-state index in [2.05, 4.69) is 5.32 Å². The Morgan fingerprint density at radius 2 is 1.76 bits per heavy atom. The van der Waals surface area contributed by atoms with E-state index in [0.717, 1.165) is 36.2 Å². The summed E-state index contributed by atoms with van der Waals surface area (Å²) in [5, 5.41) is 12.0. The maximum atomic E-state index is 15.1. The van der Waals surface area contributed by atoms with Crippen LogP contribution in [-0.4, -0.2) is 29.6 Å². The van der Waals surface area contributed by atoms with E-state index >= 15 is 4.39 Å². The Balaban J connectivity index is 1.34. The summed E-state index contributed by atoms with van der Waals surface area (Å²) in [6.07, 6.45) is 10.4. The molecule has 0 radical (unpaired) electrons. The fourth-order valence-electron chi connectivity index (χ4n) is 7.18. The molecule has 33 heavy (non-hydrogen) atoms. The van der Waals surface area contributed by atoms with Gasteiger partial charge in [0.25, 0.3) is 5.91 Å². The van der Waals surface area contributed by atoms with Gasteiger partial charge in [0.1, 0.15) is 17.6 Å². The van der Waals surface area contributed by atoms with Crippen molar-refractivity contribution in [1.82, 2.24) is 5.32 Å². The van der Waals surface area contributed by atoms with Crippen molar-refractivity contribution in [3.8, 4) is 5.75 Å². The van der Waals surface area contributed by atoms with Gasteiger partial charge in [-0.15, -0.1) is 0 Å². The molecule has 5 nitrogen and oxygen atoms in total. The molecular formula is C27H36FNO4. The largest absolute Gasteiger partial charge is 0.493 e. The van der Waals surface area contributed by atoms with Crippen molar-refractivity contribution in [3.05, 3.63) is 29.1 Å². The number of carbonyl (C=O) groups is 2. The third kappa shape index (κ3) is 4.50. The number of hydrogen-bond donors (Lipinski definition) is 2. The number of carbonyl (C=O) groups excluding carboxylic acids is 1. The summed E-state index contributed by atoms with van der Waals surface area (Å²) in [6, 6.07) is 1.92. The molecule has 5 saturated carbocycles. The lowest BCUT2D eigenvalue weighted by Crippen LogP contribution is -2.48. The molecule has 0 saturated heterocycles. The molecule has 180 valence electrons. The molecule has 0 heterocycles. The maximum Gasteiger partial charge on any atom is 0.326 e. The number of halogens is 1. The van der Waals surface area contributed by atoms with Gasteiger partial charge in [0.05, 0.1) is 12.2 Å². The summed E-state index contributed by atoms with van der Waals surface area (Å²) in [7, 11) is 0. The topological polar surface area (TPSA) is 75.6 Å². The summed E-state index contributed by atoms with van der Waals surface area (Å²) in [4.78, 5) is 24.4. The minimum atomic E-state index is -1.10. The van der Waals surface area contributed by atoms with Crippen LogP contribution in [0, 0.1) is 34.9 Å². The molecule has 5 aliphatic carbocycles. The molecule has 1 amide bonds. The smallest absolute Gasteiger partial charge is 0.326 e. The van der Waals surface area contributed by atoms with Gasteiger partial charge in [-0.05, 0) is 92.6 Å². The molecule has 6 rings (SSSR count). The van der Waals surface area contributed by atoms with Gasteiger partial charge in [0.15, 0.2) is 0 Å². The number of amides is 1. The zero-order valence-corrected chi connectivity index (χ0v) is 19.7. The second kappa shape index (κ2) is 8.59. The number of hydrogen-bond acceptors (Lipinski definition) is 3. The highest BCUT2D eigenvalue weighted by atomic mass is 19.1. The lowest BCUT2D eigenvalue weighted by atomic mass is 9.50. The Hall–Kier alpha value is -2.11. The SMILES string of the molecule is CCC(C)C(NC(=O)c1cc(C2CC2)c(OCC23CC4CC(CC(C4)C2)C3)cc1F)C(=O)O. The zero-order chi connectivity index (χ0) is 23.3. The Labute approximate surface area is 195 Å². The van der Waals surface area contributed by atoms with E-state index < -0.39 is 23.7 Å². The molecule has 5 fully saturated rings. The third-order valence-electron chi connectivity index (χ3n) is 8.83. The quantitative estimate of drug-likeness (QED) is 0.511. The minimum absolute atomic E-state index is 0.0893. The first-order valence-corrected chi connectivity index (χ1v) is 12.8. The molecule has 2 unspecified atom stereocenters. The van der Waals surface area contributed by atoms with Gasteiger partial charge in [0, 0.05) is 11.5 Å². The first kappa shape index (κ1) is 22.7. The van der Waals surface area contributed by atoms with Crippen LogP contribution in [0.2, 0.25) is 0 Å². The Morgan fingerprint density at radius 1 is 1.15 bits per heavy atom. The normalized spacial score (nSPS) is 31.8. The number of carboxylic acids is 1. The lowest BCUT2D eigenvalue weighted by molar-refractivity contribution is -0.140. The van der Waals surface area contributed by atoms with Crippen LogP contribution in [0.15, 0.2) is 12.1 Å². The number of nitrogens with one attached hydrogen (secondary N) is 1. The average Bonchev–Trinajstić information content (AvgIpc) is 3.59.